The second-order valence-corrected chi connectivity index (χ2v) is 4.33. The molecule has 1 aliphatic heterocycles. The molecule has 0 radical (unpaired) electrons. The molecule has 1 rings (SSSR count). The van der Waals surface area contributed by atoms with Crippen molar-refractivity contribution in [3.05, 3.63) is 0 Å². The number of nitrogens with one attached hydrogen (secondary N) is 2. The molecule has 0 bridgehead atoms. The summed E-state index contributed by atoms with van der Waals surface area (Å²) in [5.74, 6) is 1.28. The predicted octanol–water partition coefficient (Wildman–Crippen LogP) is 1.08. The molecule has 1 saturated heterocycles. The third-order valence-electron chi connectivity index (χ3n) is 2.26. The van der Waals surface area contributed by atoms with Gasteiger partial charge in [0.05, 0.1) is 0 Å². The lowest BCUT2D eigenvalue weighted by Crippen LogP contribution is -2.43. The lowest BCUT2D eigenvalue weighted by Gasteiger charge is -2.23. The Bertz CT molecular complexity index is 103. The van der Waals surface area contributed by atoms with Gasteiger partial charge in [-0.25, -0.2) is 0 Å². The molecule has 2 nitrogen and oxygen atoms in total. The number of hydrogen-bond acceptors (Lipinski definition) is 3. The minimum absolute atomic E-state index is 0.737. The summed E-state index contributed by atoms with van der Waals surface area (Å²) >= 11 is 1.93. The molecule has 0 aromatic carbocycles. The van der Waals surface area contributed by atoms with Crippen LogP contribution in [0.5, 0.6) is 0 Å². The van der Waals surface area contributed by atoms with Crippen molar-refractivity contribution in [2.75, 3.05) is 31.6 Å². The summed E-state index contributed by atoms with van der Waals surface area (Å²) in [5, 5.41) is 6.99. The Labute approximate surface area is 79.9 Å². The van der Waals surface area contributed by atoms with Crippen molar-refractivity contribution in [2.45, 2.75) is 25.3 Å². The highest BCUT2D eigenvalue weighted by Gasteiger charge is 2.10. The van der Waals surface area contributed by atoms with Crippen LogP contribution in [0.25, 0.3) is 0 Å². The van der Waals surface area contributed by atoms with E-state index in [1.54, 1.807) is 0 Å². The Balaban J connectivity index is 1.91. The van der Waals surface area contributed by atoms with Crippen LogP contribution in [0.1, 0.15) is 19.3 Å². The minimum Gasteiger partial charge on any atom is -0.315 e. The third kappa shape index (κ3) is 4.33. The average molecular weight is 188 g/mol. The number of piperidine rings is 1. The average Bonchev–Trinajstić information content (AvgIpc) is 2.14. The fourth-order valence-electron chi connectivity index (χ4n) is 1.55. The first-order chi connectivity index (χ1) is 5.93. The Morgan fingerprint density at radius 1 is 1.58 bits per heavy atom. The van der Waals surface area contributed by atoms with Gasteiger partial charge in [0.1, 0.15) is 0 Å². The lowest BCUT2D eigenvalue weighted by molar-refractivity contribution is 0.391. The zero-order valence-corrected chi connectivity index (χ0v) is 8.75. The Kier molecular flexibility index (Phi) is 5.82. The predicted molar refractivity (Wildman–Crippen MR) is 56.9 cm³/mol. The maximum Gasteiger partial charge on any atom is 0.0192 e. The first kappa shape index (κ1) is 10.4. The summed E-state index contributed by atoms with van der Waals surface area (Å²) in [5.41, 5.74) is 0. The fraction of sp³-hybridized carbons (Fsp3) is 1.00. The topological polar surface area (TPSA) is 24.1 Å². The van der Waals surface area contributed by atoms with Gasteiger partial charge in [0.2, 0.25) is 0 Å². The molecule has 0 aromatic rings. The quantitative estimate of drug-likeness (QED) is 0.631. The van der Waals surface area contributed by atoms with Gasteiger partial charge in [0.25, 0.3) is 0 Å². The van der Waals surface area contributed by atoms with Gasteiger partial charge in [-0.3, -0.25) is 0 Å². The van der Waals surface area contributed by atoms with Crippen LogP contribution in [0.3, 0.4) is 0 Å². The minimum atomic E-state index is 0.737. The second-order valence-electron chi connectivity index (χ2n) is 3.34. The largest absolute Gasteiger partial charge is 0.315 e. The summed E-state index contributed by atoms with van der Waals surface area (Å²) in [4.78, 5) is 0. The van der Waals surface area contributed by atoms with Gasteiger partial charge in [-0.05, 0) is 44.4 Å². The van der Waals surface area contributed by atoms with E-state index < -0.39 is 0 Å². The van der Waals surface area contributed by atoms with Gasteiger partial charge in [-0.1, -0.05) is 0 Å². The van der Waals surface area contributed by atoms with Crippen LogP contribution in [0.15, 0.2) is 0 Å². The summed E-state index contributed by atoms with van der Waals surface area (Å²) in [7, 11) is 0. The molecule has 0 aromatic heterocycles. The second kappa shape index (κ2) is 6.75. The molecule has 0 saturated carbocycles. The van der Waals surface area contributed by atoms with Crippen molar-refractivity contribution in [3.63, 3.8) is 0 Å². The van der Waals surface area contributed by atoms with Crippen LogP contribution in [-0.2, 0) is 0 Å². The maximum absolute atomic E-state index is 3.58. The molecule has 1 heterocycles. The van der Waals surface area contributed by atoms with Crippen molar-refractivity contribution in [2.24, 2.45) is 0 Å². The number of rotatable bonds is 5. The molecule has 1 unspecified atom stereocenters. The highest BCUT2D eigenvalue weighted by atomic mass is 32.2. The Morgan fingerprint density at radius 3 is 3.17 bits per heavy atom. The zero-order valence-electron chi connectivity index (χ0n) is 7.94. The van der Waals surface area contributed by atoms with Gasteiger partial charge in [-0.15, -0.1) is 0 Å². The lowest BCUT2D eigenvalue weighted by atomic mass is 10.1. The molecule has 0 amide bonds. The zero-order chi connectivity index (χ0) is 8.65. The van der Waals surface area contributed by atoms with Crippen molar-refractivity contribution >= 4 is 11.8 Å². The SMILES string of the molecule is CSCCCNC1CCCNC1. The van der Waals surface area contributed by atoms with Gasteiger partial charge >= 0.3 is 0 Å². The standard InChI is InChI=1S/C9H20N2S/c1-12-7-3-6-11-9-4-2-5-10-8-9/h9-11H,2-8H2,1H3. The summed E-state index contributed by atoms with van der Waals surface area (Å²) < 4.78 is 0. The van der Waals surface area contributed by atoms with Crippen LogP contribution in [0, 0.1) is 0 Å². The molecule has 0 aliphatic carbocycles. The van der Waals surface area contributed by atoms with Gasteiger partial charge in [-0.2, -0.15) is 11.8 Å². The van der Waals surface area contributed by atoms with Crippen molar-refractivity contribution in [1.82, 2.24) is 10.6 Å². The summed E-state index contributed by atoms with van der Waals surface area (Å²) in [6, 6.07) is 0.737. The molecule has 72 valence electrons. The molecule has 3 heteroatoms. The van der Waals surface area contributed by atoms with Crippen LogP contribution >= 0.6 is 11.8 Å². The first-order valence-corrected chi connectivity index (χ1v) is 6.26. The van der Waals surface area contributed by atoms with E-state index in [-0.39, 0.29) is 0 Å². The summed E-state index contributed by atoms with van der Waals surface area (Å²) in [6.07, 6.45) is 6.16. The van der Waals surface area contributed by atoms with Gasteiger partial charge < -0.3 is 10.6 Å². The van der Waals surface area contributed by atoms with E-state index >= 15 is 0 Å². The van der Waals surface area contributed by atoms with Crippen molar-refractivity contribution in [1.29, 1.82) is 0 Å². The Hall–Kier alpha value is 0.270. The van der Waals surface area contributed by atoms with E-state index in [0.29, 0.717) is 0 Å². The molecule has 2 N–H and O–H groups in total. The molecular weight excluding hydrogens is 168 g/mol. The molecule has 12 heavy (non-hydrogen) atoms. The van der Waals surface area contributed by atoms with Crippen LogP contribution in [0.4, 0.5) is 0 Å². The van der Waals surface area contributed by atoms with E-state index in [9.17, 15) is 0 Å². The van der Waals surface area contributed by atoms with Crippen LogP contribution in [-0.4, -0.2) is 37.7 Å². The normalized spacial score (nSPS) is 24.2. The van der Waals surface area contributed by atoms with Crippen LogP contribution in [0.2, 0.25) is 0 Å². The van der Waals surface area contributed by atoms with Crippen molar-refractivity contribution < 1.29 is 0 Å². The molecular formula is C9H20N2S. The highest BCUT2D eigenvalue weighted by molar-refractivity contribution is 7.98. The van der Waals surface area contributed by atoms with Gasteiger partial charge in [0.15, 0.2) is 0 Å². The smallest absolute Gasteiger partial charge is 0.0192 e. The maximum atomic E-state index is 3.58. The van der Waals surface area contributed by atoms with Gasteiger partial charge in [0, 0.05) is 12.6 Å². The molecule has 1 aliphatic rings. The highest BCUT2D eigenvalue weighted by Crippen LogP contribution is 2.01. The first-order valence-electron chi connectivity index (χ1n) is 4.86. The molecule has 0 spiro atoms. The number of hydrogen-bond donors (Lipinski definition) is 2. The van der Waals surface area contributed by atoms with Crippen LogP contribution < -0.4 is 10.6 Å². The van der Waals surface area contributed by atoms with E-state index in [4.69, 9.17) is 0 Å². The monoisotopic (exact) mass is 188 g/mol. The molecule has 1 fully saturated rings. The van der Waals surface area contributed by atoms with E-state index in [2.05, 4.69) is 16.9 Å². The summed E-state index contributed by atoms with van der Waals surface area (Å²) in [6.45, 7) is 3.56. The fourth-order valence-corrected chi connectivity index (χ4v) is 1.98. The molecule has 1 atom stereocenters. The van der Waals surface area contributed by atoms with E-state index in [0.717, 1.165) is 6.04 Å². The van der Waals surface area contributed by atoms with E-state index in [1.807, 2.05) is 11.8 Å². The third-order valence-corrected chi connectivity index (χ3v) is 2.95. The number of thioether (sulfide) groups is 1. The van der Waals surface area contributed by atoms with Crippen molar-refractivity contribution in [3.8, 4) is 0 Å². The van der Waals surface area contributed by atoms with E-state index in [1.165, 1.54) is 44.6 Å². The Morgan fingerprint density at radius 2 is 2.50 bits per heavy atom.